The summed E-state index contributed by atoms with van der Waals surface area (Å²) in [6.07, 6.45) is -5.94. The van der Waals surface area contributed by atoms with Gasteiger partial charge in [-0.2, -0.15) is 0 Å². The molecule has 1 heterocycles. The van der Waals surface area contributed by atoms with E-state index in [1.165, 1.54) is 0 Å². The number of carbonyl (C=O) groups excluding carboxylic acids is 3. The maximum atomic E-state index is 11.4. The molecule has 5 unspecified atom stereocenters. The summed E-state index contributed by atoms with van der Waals surface area (Å²) in [7, 11) is 0. The first-order valence-electron chi connectivity index (χ1n) is 7.14. The minimum Gasteiger partial charge on any atom is -0.463 e. The zero-order chi connectivity index (χ0) is 19.9. The van der Waals surface area contributed by atoms with Gasteiger partial charge in [-0.05, 0) is 5.53 Å². The number of esters is 3. The Labute approximate surface area is 146 Å². The van der Waals surface area contributed by atoms with E-state index in [0.29, 0.717) is 0 Å². The number of nitrogens with zero attached hydrogens (tertiary/aromatic N) is 4. The monoisotopic (exact) mass is 376 g/mol. The molecular formula is C12H16N4O10. The second kappa shape index (κ2) is 9.39. The molecule has 1 aliphatic heterocycles. The minimum absolute atomic E-state index is 0.494. The first-order chi connectivity index (χ1) is 12.1. The normalized spacial score (nSPS) is 27.4. The number of hydrogen-bond donors (Lipinski definition) is 0. The van der Waals surface area contributed by atoms with E-state index in [1.807, 2.05) is 0 Å². The Bertz CT molecular complexity index is 619. The molecule has 144 valence electrons. The van der Waals surface area contributed by atoms with Gasteiger partial charge in [0, 0.05) is 25.7 Å². The predicted molar refractivity (Wildman–Crippen MR) is 77.4 cm³/mol. The summed E-state index contributed by atoms with van der Waals surface area (Å²) in [6.45, 7) is 2.68. The Morgan fingerprint density at radius 1 is 1.15 bits per heavy atom. The molecule has 1 fully saturated rings. The van der Waals surface area contributed by atoms with Gasteiger partial charge in [0.05, 0.1) is 0 Å². The highest BCUT2D eigenvalue weighted by atomic mass is 17.0. The number of carbonyl (C=O) groups is 3. The highest BCUT2D eigenvalue weighted by Gasteiger charge is 2.51. The van der Waals surface area contributed by atoms with Crippen molar-refractivity contribution < 1.29 is 43.3 Å². The van der Waals surface area contributed by atoms with Crippen molar-refractivity contribution in [2.75, 3.05) is 6.61 Å². The first kappa shape index (κ1) is 20.9. The van der Waals surface area contributed by atoms with E-state index in [4.69, 9.17) is 24.5 Å². The molecule has 0 aromatic carbocycles. The highest BCUT2D eigenvalue weighted by Crippen LogP contribution is 2.29. The molecule has 1 aliphatic rings. The van der Waals surface area contributed by atoms with Crippen molar-refractivity contribution in [2.24, 2.45) is 5.11 Å². The van der Waals surface area contributed by atoms with Crippen molar-refractivity contribution in [3.8, 4) is 0 Å². The fourth-order valence-corrected chi connectivity index (χ4v) is 2.24. The molecule has 5 atom stereocenters. The van der Waals surface area contributed by atoms with E-state index < -0.39 is 60.2 Å². The van der Waals surface area contributed by atoms with Crippen LogP contribution < -0.4 is 0 Å². The first-order valence-corrected chi connectivity index (χ1v) is 7.14. The van der Waals surface area contributed by atoms with E-state index in [-0.39, 0.29) is 0 Å². The Morgan fingerprint density at radius 3 is 2.19 bits per heavy atom. The molecular weight excluding hydrogens is 360 g/mol. The van der Waals surface area contributed by atoms with Gasteiger partial charge in [-0.25, -0.2) is 0 Å². The van der Waals surface area contributed by atoms with Crippen LogP contribution in [0.1, 0.15) is 20.8 Å². The Hall–Kier alpha value is -3.12. The lowest BCUT2D eigenvalue weighted by Crippen LogP contribution is -2.61. The van der Waals surface area contributed by atoms with Crippen molar-refractivity contribution in [3.05, 3.63) is 20.6 Å². The van der Waals surface area contributed by atoms with Gasteiger partial charge in [0.25, 0.3) is 5.09 Å². The van der Waals surface area contributed by atoms with Gasteiger partial charge < -0.3 is 18.9 Å². The van der Waals surface area contributed by atoms with Crippen molar-refractivity contribution >= 4 is 17.9 Å². The van der Waals surface area contributed by atoms with Crippen LogP contribution >= 0.6 is 0 Å². The lowest BCUT2D eigenvalue weighted by Gasteiger charge is -2.42. The van der Waals surface area contributed by atoms with Gasteiger partial charge >= 0.3 is 17.9 Å². The van der Waals surface area contributed by atoms with E-state index >= 15 is 0 Å². The van der Waals surface area contributed by atoms with E-state index in [2.05, 4.69) is 14.9 Å². The second-order valence-corrected chi connectivity index (χ2v) is 5.02. The predicted octanol–water partition coefficient (Wildman–Crippen LogP) is 0.0250. The molecule has 0 radical (unpaired) electrons. The fraction of sp³-hybridized carbons (Fsp3) is 0.750. The summed E-state index contributed by atoms with van der Waals surface area (Å²) < 4.78 is 20.1. The van der Waals surface area contributed by atoms with Gasteiger partial charge in [-0.15, -0.1) is 10.1 Å². The van der Waals surface area contributed by atoms with Crippen LogP contribution in [0.4, 0.5) is 0 Å². The van der Waals surface area contributed by atoms with Gasteiger partial charge in [0.15, 0.2) is 12.2 Å². The van der Waals surface area contributed by atoms with Gasteiger partial charge in [0.1, 0.15) is 18.8 Å². The minimum atomic E-state index is -1.79. The molecule has 1 saturated heterocycles. The SMILES string of the molecule is CC(=O)OCC1OC(O[N+](=O)[O-])C(N=[N+]=[N-])C(OC(C)=O)C1OC(C)=O. The molecule has 0 bridgehead atoms. The maximum Gasteiger partial charge on any atom is 0.303 e. The highest BCUT2D eigenvalue weighted by molar-refractivity contribution is 5.68. The molecule has 1 rings (SSSR count). The Balaban J connectivity index is 3.28. The molecule has 0 amide bonds. The van der Waals surface area contributed by atoms with E-state index in [1.54, 1.807) is 0 Å². The number of hydrogen-bond acceptors (Lipinski definition) is 11. The summed E-state index contributed by atoms with van der Waals surface area (Å²) in [6, 6.07) is -1.55. The molecule has 14 nitrogen and oxygen atoms in total. The summed E-state index contributed by atoms with van der Waals surface area (Å²) in [4.78, 5) is 51.3. The molecule has 0 spiro atoms. The number of ether oxygens (including phenoxy) is 4. The van der Waals surface area contributed by atoms with Crippen molar-refractivity contribution in [1.82, 2.24) is 0 Å². The van der Waals surface area contributed by atoms with Gasteiger partial charge in [-0.3, -0.25) is 19.2 Å². The largest absolute Gasteiger partial charge is 0.463 e. The topological polar surface area (TPSA) is 189 Å². The third-order valence-corrected chi connectivity index (χ3v) is 3.04. The molecule has 0 N–H and O–H groups in total. The van der Waals surface area contributed by atoms with Crippen molar-refractivity contribution in [1.29, 1.82) is 0 Å². The summed E-state index contributed by atoms with van der Waals surface area (Å²) in [5.41, 5.74) is 8.69. The average Bonchev–Trinajstić information content (AvgIpc) is 2.49. The van der Waals surface area contributed by atoms with Gasteiger partial charge in [-0.1, -0.05) is 5.11 Å². The number of azide groups is 1. The van der Waals surface area contributed by atoms with Crippen LogP contribution in [-0.2, 0) is 38.2 Å². The second-order valence-electron chi connectivity index (χ2n) is 5.02. The maximum absolute atomic E-state index is 11.4. The van der Waals surface area contributed by atoms with Crippen molar-refractivity contribution in [2.45, 2.75) is 51.4 Å². The lowest BCUT2D eigenvalue weighted by atomic mass is 9.97. The van der Waals surface area contributed by atoms with Gasteiger partial charge in [0.2, 0.25) is 6.29 Å². The molecule has 26 heavy (non-hydrogen) atoms. The molecule has 0 aromatic rings. The van der Waals surface area contributed by atoms with Crippen LogP contribution in [0.15, 0.2) is 5.11 Å². The van der Waals surface area contributed by atoms with Crippen LogP contribution in [0.25, 0.3) is 10.4 Å². The summed E-state index contributed by atoms with van der Waals surface area (Å²) in [5.74, 6) is -2.36. The quantitative estimate of drug-likeness (QED) is 0.111. The summed E-state index contributed by atoms with van der Waals surface area (Å²) in [5, 5.41) is 12.8. The third kappa shape index (κ3) is 6.07. The average molecular weight is 376 g/mol. The smallest absolute Gasteiger partial charge is 0.303 e. The third-order valence-electron chi connectivity index (χ3n) is 3.04. The van der Waals surface area contributed by atoms with Crippen LogP contribution in [0.5, 0.6) is 0 Å². The van der Waals surface area contributed by atoms with E-state index in [9.17, 15) is 24.5 Å². The fourth-order valence-electron chi connectivity index (χ4n) is 2.24. The number of rotatable bonds is 7. The molecule has 14 heteroatoms. The summed E-state index contributed by atoms with van der Waals surface area (Å²) >= 11 is 0. The molecule has 0 aliphatic carbocycles. The van der Waals surface area contributed by atoms with E-state index in [0.717, 1.165) is 20.8 Å². The van der Waals surface area contributed by atoms with Crippen LogP contribution in [-0.4, -0.2) is 60.2 Å². The zero-order valence-electron chi connectivity index (χ0n) is 14.0. The van der Waals surface area contributed by atoms with Crippen molar-refractivity contribution in [3.63, 3.8) is 0 Å². The lowest BCUT2D eigenvalue weighted by molar-refractivity contribution is -0.783. The van der Waals surface area contributed by atoms with Crippen LogP contribution in [0.3, 0.4) is 0 Å². The Kier molecular flexibility index (Phi) is 7.55. The zero-order valence-corrected chi connectivity index (χ0v) is 14.0. The van der Waals surface area contributed by atoms with Crippen LogP contribution in [0, 0.1) is 10.1 Å². The Morgan fingerprint density at radius 2 is 1.73 bits per heavy atom. The molecule has 0 saturated carbocycles. The molecule has 0 aromatic heterocycles. The standard InChI is InChI=1S/C12H16N4O10/c1-5(17)22-4-8-10(23-6(2)18)11(24-7(3)19)9(14-15-13)12(25-8)26-16(20)21/h8-12H,4H2,1-3H3. The van der Waals surface area contributed by atoms with Crippen LogP contribution in [0.2, 0.25) is 0 Å².